The van der Waals surface area contributed by atoms with Gasteiger partial charge in [0.2, 0.25) is 0 Å². The second-order valence-electron chi connectivity index (χ2n) is 2.94. The molecule has 0 aliphatic heterocycles. The molecule has 0 unspecified atom stereocenters. The van der Waals surface area contributed by atoms with Crippen LogP contribution >= 0.6 is 0 Å². The smallest absolute Gasteiger partial charge is 0.132 e. The lowest BCUT2D eigenvalue weighted by atomic mass is 10.0. The number of halogens is 1. The van der Waals surface area contributed by atoms with Gasteiger partial charge in [0.15, 0.2) is 0 Å². The molecule has 1 aromatic carbocycles. The Balaban J connectivity index is 3.14. The highest BCUT2D eigenvalue weighted by atomic mass is 19.1. The van der Waals surface area contributed by atoms with Gasteiger partial charge in [-0.25, -0.2) is 4.39 Å². The van der Waals surface area contributed by atoms with Crippen molar-refractivity contribution in [2.45, 2.75) is 20.5 Å². The first-order chi connectivity index (χ1) is 5.66. The Morgan fingerprint density at radius 2 is 2.08 bits per heavy atom. The molecule has 0 saturated heterocycles. The number of hydrogen-bond acceptors (Lipinski definition) is 1. The third-order valence-corrected chi connectivity index (χ3v) is 1.79. The molecule has 1 N–H and O–H groups in total. The van der Waals surface area contributed by atoms with Crippen LogP contribution < -0.4 is 0 Å². The van der Waals surface area contributed by atoms with Gasteiger partial charge in [-0.05, 0) is 5.56 Å². The molecule has 1 aromatic rings. The molecule has 2 heteroatoms. The van der Waals surface area contributed by atoms with Gasteiger partial charge in [-0.3, -0.25) is 0 Å². The van der Waals surface area contributed by atoms with Gasteiger partial charge in [-0.15, -0.1) is 0 Å². The molecule has 0 fully saturated rings. The van der Waals surface area contributed by atoms with Crippen molar-refractivity contribution >= 4 is 0 Å². The van der Waals surface area contributed by atoms with E-state index in [4.69, 9.17) is 5.11 Å². The van der Waals surface area contributed by atoms with E-state index in [-0.39, 0.29) is 12.4 Å². The van der Waals surface area contributed by atoms with E-state index in [0.29, 0.717) is 11.1 Å². The van der Waals surface area contributed by atoms with E-state index < -0.39 is 0 Å². The van der Waals surface area contributed by atoms with Gasteiger partial charge < -0.3 is 5.11 Å². The van der Waals surface area contributed by atoms with Crippen molar-refractivity contribution in [3.8, 4) is 0 Å². The fourth-order valence-corrected chi connectivity index (χ4v) is 1.09. The minimum Gasteiger partial charge on any atom is -0.392 e. The number of hydrogen-bond donors (Lipinski definition) is 1. The molecule has 0 aliphatic rings. The molecular weight excluding hydrogens is 155 g/mol. The van der Waals surface area contributed by atoms with Crippen LogP contribution in [0.3, 0.4) is 0 Å². The first-order valence-electron chi connectivity index (χ1n) is 3.85. The van der Waals surface area contributed by atoms with Crippen molar-refractivity contribution in [3.05, 3.63) is 41.1 Å². The first kappa shape index (κ1) is 9.20. The lowest BCUT2D eigenvalue weighted by Gasteiger charge is -2.08. The largest absolute Gasteiger partial charge is 0.392 e. The minimum absolute atomic E-state index is 0.243. The number of aliphatic hydroxyl groups is 1. The van der Waals surface area contributed by atoms with E-state index in [1.54, 1.807) is 18.2 Å². The fourth-order valence-electron chi connectivity index (χ4n) is 1.09. The zero-order valence-electron chi connectivity index (χ0n) is 7.26. The van der Waals surface area contributed by atoms with E-state index in [2.05, 4.69) is 0 Å². The highest BCUT2D eigenvalue weighted by Crippen LogP contribution is 2.19. The molecule has 12 heavy (non-hydrogen) atoms. The Morgan fingerprint density at radius 3 is 2.58 bits per heavy atom. The predicted octanol–water partition coefficient (Wildman–Crippen LogP) is 2.28. The van der Waals surface area contributed by atoms with Gasteiger partial charge in [-0.1, -0.05) is 32.0 Å². The number of benzene rings is 1. The van der Waals surface area contributed by atoms with Gasteiger partial charge >= 0.3 is 0 Å². The second kappa shape index (κ2) is 3.68. The van der Waals surface area contributed by atoms with Gasteiger partial charge in [0, 0.05) is 11.5 Å². The summed E-state index contributed by atoms with van der Waals surface area (Å²) in [6.45, 7) is 3.45. The quantitative estimate of drug-likeness (QED) is 0.716. The fraction of sp³-hybridized carbons (Fsp3) is 0.300. The SMILES string of the molecule is C[C](C)c1cccc(CO)c1F. The van der Waals surface area contributed by atoms with Crippen LogP contribution in [0.4, 0.5) is 4.39 Å². The van der Waals surface area contributed by atoms with Crippen LogP contribution in [0.1, 0.15) is 25.0 Å². The zero-order valence-corrected chi connectivity index (χ0v) is 7.26. The molecule has 65 valence electrons. The van der Waals surface area contributed by atoms with Crippen LogP contribution in [0.25, 0.3) is 0 Å². The third kappa shape index (κ3) is 1.64. The maximum Gasteiger partial charge on any atom is 0.132 e. The lowest BCUT2D eigenvalue weighted by molar-refractivity contribution is 0.275. The normalized spacial score (nSPS) is 10.8. The van der Waals surface area contributed by atoms with Crippen LogP contribution in [0.5, 0.6) is 0 Å². The highest BCUT2D eigenvalue weighted by Gasteiger charge is 2.09. The van der Waals surface area contributed by atoms with Crippen LogP contribution in [0.15, 0.2) is 18.2 Å². The summed E-state index contributed by atoms with van der Waals surface area (Å²) in [6.07, 6.45) is 0. The molecule has 0 aromatic heterocycles. The maximum absolute atomic E-state index is 13.3. The van der Waals surface area contributed by atoms with Crippen molar-refractivity contribution in [1.29, 1.82) is 0 Å². The summed E-state index contributed by atoms with van der Waals surface area (Å²) >= 11 is 0. The van der Waals surface area contributed by atoms with Crippen molar-refractivity contribution < 1.29 is 9.50 Å². The lowest BCUT2D eigenvalue weighted by Crippen LogP contribution is -1.98. The van der Waals surface area contributed by atoms with E-state index >= 15 is 0 Å². The second-order valence-corrected chi connectivity index (χ2v) is 2.94. The Hall–Kier alpha value is -0.890. The number of rotatable bonds is 2. The Labute approximate surface area is 71.9 Å². The van der Waals surface area contributed by atoms with E-state index in [1.165, 1.54) is 0 Å². The number of aliphatic hydroxyl groups excluding tert-OH is 1. The summed E-state index contributed by atoms with van der Waals surface area (Å²) in [6, 6.07) is 5.04. The molecule has 0 saturated carbocycles. The van der Waals surface area contributed by atoms with E-state index in [9.17, 15) is 4.39 Å². The monoisotopic (exact) mass is 167 g/mol. The van der Waals surface area contributed by atoms with Crippen molar-refractivity contribution in [1.82, 2.24) is 0 Å². The standard InChI is InChI=1S/C10H12FO/c1-7(2)9-5-3-4-8(6-12)10(9)11/h3-5,12H,6H2,1-2H3. The summed E-state index contributed by atoms with van der Waals surface area (Å²) in [5, 5.41) is 8.78. The van der Waals surface area contributed by atoms with Gasteiger partial charge in [-0.2, -0.15) is 0 Å². The molecular formula is C10H12FO. The predicted molar refractivity (Wildman–Crippen MR) is 46.0 cm³/mol. The van der Waals surface area contributed by atoms with Crippen LogP contribution in [-0.2, 0) is 6.61 Å². The van der Waals surface area contributed by atoms with E-state index in [0.717, 1.165) is 5.92 Å². The Kier molecular flexibility index (Phi) is 2.82. The molecule has 0 amide bonds. The highest BCUT2D eigenvalue weighted by molar-refractivity contribution is 5.34. The van der Waals surface area contributed by atoms with Crippen molar-refractivity contribution in [2.24, 2.45) is 0 Å². The first-order valence-corrected chi connectivity index (χ1v) is 3.85. The maximum atomic E-state index is 13.3. The van der Waals surface area contributed by atoms with Crippen LogP contribution in [0.2, 0.25) is 0 Å². The molecule has 1 radical (unpaired) electrons. The third-order valence-electron chi connectivity index (χ3n) is 1.79. The molecule has 1 rings (SSSR count). The molecule has 0 spiro atoms. The van der Waals surface area contributed by atoms with Crippen LogP contribution in [0, 0.1) is 11.7 Å². The topological polar surface area (TPSA) is 20.2 Å². The summed E-state index contributed by atoms with van der Waals surface area (Å²) in [7, 11) is 0. The summed E-state index contributed by atoms with van der Waals surface area (Å²) in [4.78, 5) is 0. The van der Waals surface area contributed by atoms with E-state index in [1.807, 2.05) is 13.8 Å². The molecule has 1 nitrogen and oxygen atoms in total. The minimum atomic E-state index is -0.306. The molecule has 0 bridgehead atoms. The van der Waals surface area contributed by atoms with Gasteiger partial charge in [0.25, 0.3) is 0 Å². The van der Waals surface area contributed by atoms with Crippen molar-refractivity contribution in [3.63, 3.8) is 0 Å². The Bertz CT molecular complexity index is 269. The Morgan fingerprint density at radius 1 is 1.42 bits per heavy atom. The average Bonchev–Trinajstić information content (AvgIpc) is 2.04. The molecule has 0 aliphatic carbocycles. The van der Waals surface area contributed by atoms with Crippen molar-refractivity contribution in [2.75, 3.05) is 0 Å². The molecule has 0 atom stereocenters. The average molecular weight is 167 g/mol. The van der Waals surface area contributed by atoms with Crippen LogP contribution in [-0.4, -0.2) is 5.11 Å². The zero-order chi connectivity index (χ0) is 9.14. The van der Waals surface area contributed by atoms with Gasteiger partial charge in [0.1, 0.15) is 5.82 Å². The van der Waals surface area contributed by atoms with Gasteiger partial charge in [0.05, 0.1) is 6.61 Å². The summed E-state index contributed by atoms with van der Waals surface area (Å²) < 4.78 is 13.3. The molecule has 0 heterocycles. The summed E-state index contributed by atoms with van der Waals surface area (Å²) in [5.41, 5.74) is 0.940. The summed E-state index contributed by atoms with van der Waals surface area (Å²) in [5.74, 6) is 0.614.